The zero-order valence-corrected chi connectivity index (χ0v) is 9.13. The minimum absolute atomic E-state index is 0.0542. The van der Waals surface area contributed by atoms with Gasteiger partial charge in [0.15, 0.2) is 5.65 Å². The molecule has 0 saturated heterocycles. The molecule has 6 nitrogen and oxygen atoms in total. The highest BCUT2D eigenvalue weighted by Crippen LogP contribution is 2.07. The number of nitrogens with zero attached hydrogens (tertiary/aromatic N) is 3. The second-order valence-electron chi connectivity index (χ2n) is 3.47. The van der Waals surface area contributed by atoms with Crippen molar-refractivity contribution >= 4 is 16.9 Å². The van der Waals surface area contributed by atoms with Gasteiger partial charge in [0.05, 0.1) is 0 Å². The van der Waals surface area contributed by atoms with Gasteiger partial charge in [-0.15, -0.1) is 0 Å². The number of carbonyl (C=O) groups excluding carboxylic acids is 1. The Labute approximate surface area is 97.7 Å². The number of pyridine rings is 1. The molecule has 2 heterocycles. The molecule has 2 rings (SSSR count). The van der Waals surface area contributed by atoms with E-state index in [1.807, 2.05) is 0 Å². The summed E-state index contributed by atoms with van der Waals surface area (Å²) in [5.74, 6) is -0.265. The van der Waals surface area contributed by atoms with Crippen molar-refractivity contribution in [2.45, 2.75) is 6.42 Å². The summed E-state index contributed by atoms with van der Waals surface area (Å²) in [6.45, 7) is 0.484. The molecule has 6 heteroatoms. The molecular formula is C11H12N4O2. The Morgan fingerprint density at radius 1 is 1.41 bits per heavy atom. The van der Waals surface area contributed by atoms with E-state index in [2.05, 4.69) is 20.3 Å². The molecule has 2 aromatic rings. The number of aromatic nitrogens is 3. The molecule has 17 heavy (non-hydrogen) atoms. The van der Waals surface area contributed by atoms with Gasteiger partial charge in [-0.05, 0) is 18.6 Å². The maximum atomic E-state index is 11.7. The van der Waals surface area contributed by atoms with Crippen LogP contribution in [0.15, 0.2) is 24.7 Å². The van der Waals surface area contributed by atoms with Crippen molar-refractivity contribution in [2.75, 3.05) is 13.2 Å². The monoisotopic (exact) mass is 232 g/mol. The normalized spacial score (nSPS) is 10.4. The molecule has 0 aliphatic carbocycles. The second kappa shape index (κ2) is 5.31. The van der Waals surface area contributed by atoms with Gasteiger partial charge in [-0.2, -0.15) is 0 Å². The van der Waals surface area contributed by atoms with Crippen LogP contribution in [-0.2, 0) is 0 Å². The number of aliphatic hydroxyl groups is 1. The first kappa shape index (κ1) is 11.4. The van der Waals surface area contributed by atoms with Crippen LogP contribution in [0.5, 0.6) is 0 Å². The predicted molar refractivity (Wildman–Crippen MR) is 61.4 cm³/mol. The number of hydrogen-bond donors (Lipinski definition) is 2. The average molecular weight is 232 g/mol. The number of hydrogen-bond acceptors (Lipinski definition) is 5. The summed E-state index contributed by atoms with van der Waals surface area (Å²) in [7, 11) is 0. The van der Waals surface area contributed by atoms with Crippen LogP contribution >= 0.6 is 0 Å². The highest BCUT2D eigenvalue weighted by atomic mass is 16.3. The van der Waals surface area contributed by atoms with Gasteiger partial charge >= 0.3 is 0 Å². The third-order valence-electron chi connectivity index (χ3n) is 2.22. The van der Waals surface area contributed by atoms with E-state index in [1.54, 1.807) is 18.3 Å². The first-order chi connectivity index (χ1) is 8.31. The Kier molecular flexibility index (Phi) is 3.56. The van der Waals surface area contributed by atoms with Crippen LogP contribution in [0.4, 0.5) is 0 Å². The molecule has 0 radical (unpaired) electrons. The van der Waals surface area contributed by atoms with E-state index in [9.17, 15) is 4.79 Å². The molecule has 88 valence electrons. The van der Waals surface area contributed by atoms with Gasteiger partial charge in [0.1, 0.15) is 12.0 Å². The number of nitrogens with one attached hydrogen (secondary N) is 1. The summed E-state index contributed by atoms with van der Waals surface area (Å²) >= 11 is 0. The minimum atomic E-state index is -0.265. The van der Waals surface area contributed by atoms with E-state index in [-0.39, 0.29) is 12.5 Å². The second-order valence-corrected chi connectivity index (χ2v) is 3.47. The lowest BCUT2D eigenvalue weighted by Gasteiger charge is -2.03. The number of rotatable bonds is 4. The van der Waals surface area contributed by atoms with Crippen molar-refractivity contribution in [1.82, 2.24) is 20.3 Å². The number of aliphatic hydroxyl groups excluding tert-OH is 1. The van der Waals surface area contributed by atoms with E-state index < -0.39 is 0 Å². The van der Waals surface area contributed by atoms with Gasteiger partial charge in [-0.1, -0.05) is 0 Å². The van der Waals surface area contributed by atoms with Crippen LogP contribution in [-0.4, -0.2) is 39.1 Å². The predicted octanol–water partition coefficient (Wildman–Crippen LogP) is 0.137. The Bertz CT molecular complexity index is 530. The molecule has 0 aliphatic rings. The van der Waals surface area contributed by atoms with Crippen LogP contribution in [0.2, 0.25) is 0 Å². The van der Waals surface area contributed by atoms with Gasteiger partial charge in [0.25, 0.3) is 5.91 Å². The topological polar surface area (TPSA) is 88.0 Å². The number of fused-ring (bicyclic) bond motifs is 1. The summed E-state index contributed by atoms with van der Waals surface area (Å²) in [4.78, 5) is 23.6. The first-order valence-corrected chi connectivity index (χ1v) is 5.27. The highest BCUT2D eigenvalue weighted by Gasteiger charge is 2.07. The molecule has 0 unspecified atom stereocenters. The van der Waals surface area contributed by atoms with Crippen molar-refractivity contribution in [3.63, 3.8) is 0 Å². The van der Waals surface area contributed by atoms with E-state index in [4.69, 9.17) is 5.11 Å². The zero-order valence-electron chi connectivity index (χ0n) is 9.13. The van der Waals surface area contributed by atoms with Gasteiger partial charge < -0.3 is 10.4 Å². The summed E-state index contributed by atoms with van der Waals surface area (Å²) in [6, 6.07) is 3.38. The van der Waals surface area contributed by atoms with Gasteiger partial charge in [0, 0.05) is 24.7 Å². The van der Waals surface area contributed by atoms with E-state index in [0.717, 1.165) is 5.39 Å². The Hall–Kier alpha value is -2.08. The Balaban J connectivity index is 2.15. The summed E-state index contributed by atoms with van der Waals surface area (Å²) in [5, 5.41) is 12.1. The maximum Gasteiger partial charge on any atom is 0.269 e. The van der Waals surface area contributed by atoms with E-state index in [1.165, 1.54) is 6.33 Å². The van der Waals surface area contributed by atoms with Gasteiger partial charge in [-0.25, -0.2) is 15.0 Å². The lowest BCUT2D eigenvalue weighted by Crippen LogP contribution is -2.25. The minimum Gasteiger partial charge on any atom is -0.396 e. The zero-order chi connectivity index (χ0) is 12.1. The lowest BCUT2D eigenvalue weighted by atomic mass is 10.3. The van der Waals surface area contributed by atoms with Gasteiger partial charge in [-0.3, -0.25) is 4.79 Å². The number of carbonyl (C=O) groups is 1. The van der Waals surface area contributed by atoms with Crippen LogP contribution in [0.25, 0.3) is 11.0 Å². The molecule has 0 aromatic carbocycles. The SMILES string of the molecule is O=C(NCCCO)c1ccc2cncnc2n1. The number of amides is 1. The van der Waals surface area contributed by atoms with Crippen molar-refractivity contribution in [3.05, 3.63) is 30.4 Å². The van der Waals surface area contributed by atoms with Crippen LogP contribution in [0.1, 0.15) is 16.9 Å². The van der Waals surface area contributed by atoms with Crippen molar-refractivity contribution < 1.29 is 9.90 Å². The van der Waals surface area contributed by atoms with Crippen LogP contribution in [0, 0.1) is 0 Å². The smallest absolute Gasteiger partial charge is 0.269 e. The quantitative estimate of drug-likeness (QED) is 0.732. The standard InChI is InChI=1S/C11H12N4O2/c16-5-1-4-13-11(17)9-3-2-8-6-12-7-14-10(8)15-9/h2-3,6-7,16H,1,4-5H2,(H,13,17). The van der Waals surface area contributed by atoms with E-state index in [0.29, 0.717) is 24.3 Å². The average Bonchev–Trinajstić information content (AvgIpc) is 2.38. The van der Waals surface area contributed by atoms with Crippen molar-refractivity contribution in [1.29, 1.82) is 0 Å². The molecule has 0 bridgehead atoms. The summed E-state index contributed by atoms with van der Waals surface area (Å²) in [6.07, 6.45) is 3.56. The van der Waals surface area contributed by atoms with Crippen molar-refractivity contribution in [2.24, 2.45) is 0 Å². The molecule has 2 N–H and O–H groups in total. The fraction of sp³-hybridized carbons (Fsp3) is 0.273. The Morgan fingerprint density at radius 3 is 3.12 bits per heavy atom. The largest absolute Gasteiger partial charge is 0.396 e. The molecule has 0 fully saturated rings. The fourth-order valence-corrected chi connectivity index (χ4v) is 1.36. The molecular weight excluding hydrogens is 220 g/mol. The third kappa shape index (κ3) is 2.73. The summed E-state index contributed by atoms with van der Waals surface area (Å²) in [5.41, 5.74) is 0.809. The van der Waals surface area contributed by atoms with Crippen LogP contribution < -0.4 is 5.32 Å². The van der Waals surface area contributed by atoms with Gasteiger partial charge in [0.2, 0.25) is 0 Å². The molecule has 0 saturated carbocycles. The molecule has 1 amide bonds. The molecule has 0 atom stereocenters. The van der Waals surface area contributed by atoms with E-state index >= 15 is 0 Å². The lowest BCUT2D eigenvalue weighted by molar-refractivity contribution is 0.0946. The molecule has 0 aliphatic heterocycles. The highest BCUT2D eigenvalue weighted by molar-refractivity contribution is 5.94. The summed E-state index contributed by atoms with van der Waals surface area (Å²) < 4.78 is 0. The maximum absolute atomic E-state index is 11.7. The van der Waals surface area contributed by atoms with Crippen molar-refractivity contribution in [3.8, 4) is 0 Å². The third-order valence-corrected chi connectivity index (χ3v) is 2.22. The molecule has 2 aromatic heterocycles. The van der Waals surface area contributed by atoms with Crippen LogP contribution in [0.3, 0.4) is 0 Å². The molecule has 0 spiro atoms. The Morgan fingerprint density at radius 2 is 2.29 bits per heavy atom. The fourth-order valence-electron chi connectivity index (χ4n) is 1.36. The first-order valence-electron chi connectivity index (χ1n) is 5.27.